The number of aliphatic hydroxyl groups is 2. The van der Waals surface area contributed by atoms with Gasteiger partial charge in [0, 0.05) is 18.7 Å². The maximum Gasteiger partial charge on any atom is 0.327 e. The highest BCUT2D eigenvalue weighted by Gasteiger charge is 2.40. The lowest BCUT2D eigenvalue weighted by molar-refractivity contribution is -0.143. The molecule has 1 heterocycles. The van der Waals surface area contributed by atoms with Crippen molar-refractivity contribution < 1.29 is 58.8 Å². The highest BCUT2D eigenvalue weighted by molar-refractivity contribution is 7.80. The molecule has 2 rings (SSSR count). The minimum Gasteiger partial charge on any atom is -0.508 e. The van der Waals surface area contributed by atoms with Gasteiger partial charge >= 0.3 is 5.97 Å². The molecule has 1 aromatic carbocycles. The number of carbonyl (C=O) groups excluding carboxylic acids is 7. The van der Waals surface area contributed by atoms with Gasteiger partial charge in [-0.3, -0.25) is 33.6 Å². The van der Waals surface area contributed by atoms with E-state index < -0.39 is 109 Å². The molecule has 1 aliphatic heterocycles. The molecule has 21 nitrogen and oxygen atoms in total. The number of amides is 7. The molecular weight excluding hydrogens is 795 g/mol. The first-order valence-corrected chi connectivity index (χ1v) is 20.0. The Hall–Kier alpha value is -5.03. The number of nitrogens with zero attached hydrogens (tertiary/aromatic N) is 1. The number of aliphatic carboxylic acids is 1. The summed E-state index contributed by atoms with van der Waals surface area (Å²) in [6.07, 6.45) is 1.63. The van der Waals surface area contributed by atoms with Gasteiger partial charge < -0.3 is 68.7 Å². The van der Waals surface area contributed by atoms with Crippen LogP contribution in [0.1, 0.15) is 57.9 Å². The molecular formula is C37H59N9O12S. The fourth-order valence-corrected chi connectivity index (χ4v) is 6.40. The Morgan fingerprint density at radius 1 is 0.814 bits per heavy atom. The molecule has 7 atom stereocenters. The first-order valence-electron chi connectivity index (χ1n) is 19.3. The maximum absolute atomic E-state index is 14.1. The molecule has 1 saturated heterocycles. The number of aromatic hydroxyl groups is 1. The molecule has 0 aromatic heterocycles. The predicted octanol–water partition coefficient (Wildman–Crippen LogP) is -4.03. The van der Waals surface area contributed by atoms with E-state index in [4.69, 9.17) is 11.5 Å². The van der Waals surface area contributed by atoms with Crippen LogP contribution in [0.3, 0.4) is 0 Å². The normalized spacial score (nSPS) is 16.7. The second-order valence-electron chi connectivity index (χ2n) is 14.5. The summed E-state index contributed by atoms with van der Waals surface area (Å²) < 4.78 is 0. The van der Waals surface area contributed by atoms with E-state index >= 15 is 0 Å². The van der Waals surface area contributed by atoms with Crippen LogP contribution in [0.2, 0.25) is 0 Å². The van der Waals surface area contributed by atoms with Crippen molar-refractivity contribution in [3.8, 4) is 5.75 Å². The van der Waals surface area contributed by atoms with Crippen molar-refractivity contribution >= 4 is 59.9 Å². The highest BCUT2D eigenvalue weighted by atomic mass is 32.1. The fraction of sp³-hybridized carbons (Fsp3) is 0.622. The zero-order chi connectivity index (χ0) is 44.2. The number of phenols is 1. The number of thiol groups is 1. The molecule has 0 radical (unpaired) electrons. The van der Waals surface area contributed by atoms with Gasteiger partial charge in [-0.15, -0.1) is 0 Å². The van der Waals surface area contributed by atoms with E-state index in [-0.39, 0.29) is 49.8 Å². The van der Waals surface area contributed by atoms with Crippen molar-refractivity contribution in [3.63, 3.8) is 0 Å². The van der Waals surface area contributed by atoms with Crippen LogP contribution in [0.15, 0.2) is 24.3 Å². The Labute approximate surface area is 347 Å². The number of hydrogen-bond donors (Lipinski definition) is 13. The van der Waals surface area contributed by atoms with Crippen LogP contribution in [0.4, 0.5) is 0 Å². The van der Waals surface area contributed by atoms with Gasteiger partial charge in [0.2, 0.25) is 41.4 Å². The number of nitrogens with two attached hydrogens (primary N) is 2. The van der Waals surface area contributed by atoms with Crippen LogP contribution in [0, 0.1) is 5.92 Å². The molecule has 1 fully saturated rings. The van der Waals surface area contributed by atoms with Gasteiger partial charge in [0.1, 0.15) is 42.0 Å². The summed E-state index contributed by atoms with van der Waals surface area (Å²) in [5.41, 5.74) is 12.0. The zero-order valence-electron chi connectivity index (χ0n) is 33.2. The van der Waals surface area contributed by atoms with Crippen molar-refractivity contribution in [3.05, 3.63) is 29.8 Å². The zero-order valence-corrected chi connectivity index (χ0v) is 34.1. The molecule has 0 unspecified atom stereocenters. The van der Waals surface area contributed by atoms with E-state index in [1.165, 1.54) is 29.2 Å². The highest BCUT2D eigenvalue weighted by Crippen LogP contribution is 2.21. The number of carboxylic acids is 1. The van der Waals surface area contributed by atoms with Gasteiger partial charge in [0.25, 0.3) is 0 Å². The number of phenolic OH excluding ortho intramolecular Hbond substituents is 1. The quantitative estimate of drug-likeness (QED) is 0.0329. The van der Waals surface area contributed by atoms with Crippen LogP contribution in [-0.2, 0) is 44.8 Å². The van der Waals surface area contributed by atoms with Crippen LogP contribution in [0.5, 0.6) is 5.75 Å². The Morgan fingerprint density at radius 3 is 1.95 bits per heavy atom. The van der Waals surface area contributed by atoms with E-state index in [1.54, 1.807) is 0 Å². The summed E-state index contributed by atoms with van der Waals surface area (Å²) in [4.78, 5) is 105. The van der Waals surface area contributed by atoms with Gasteiger partial charge in [0.15, 0.2) is 0 Å². The van der Waals surface area contributed by atoms with Crippen molar-refractivity contribution in [2.45, 2.75) is 101 Å². The van der Waals surface area contributed by atoms with Crippen molar-refractivity contribution in [2.24, 2.45) is 17.4 Å². The van der Waals surface area contributed by atoms with Gasteiger partial charge in [-0.25, -0.2) is 4.79 Å². The van der Waals surface area contributed by atoms with Crippen molar-refractivity contribution in [1.82, 2.24) is 36.8 Å². The van der Waals surface area contributed by atoms with E-state index in [0.29, 0.717) is 31.2 Å². The molecule has 1 aliphatic rings. The second kappa shape index (κ2) is 25.5. The number of carbonyl (C=O) groups is 8. The van der Waals surface area contributed by atoms with E-state index in [0.717, 1.165) is 0 Å². The molecule has 14 N–H and O–H groups in total. The van der Waals surface area contributed by atoms with Gasteiger partial charge in [-0.05, 0) is 68.7 Å². The Balaban J connectivity index is 2.28. The third kappa shape index (κ3) is 16.6. The van der Waals surface area contributed by atoms with Gasteiger partial charge in [-0.1, -0.05) is 26.0 Å². The standard InChI is InChI=1S/C37H59N9O12S/c1-20(2)14-23(39)31(51)40-16-30(50)41-26(17-47)33(53)43-25(15-21-8-10-22(49)11-9-21)32(52)42-24(6-3-4-12-38)36(56)46-13-5-7-29(46)35(55)44-27(18-48)34(54)45-28(19-59)37(57)58/h8-11,20,23-29,47-49,59H,3-7,12-19,38-39H2,1-2H3,(H,40,51)(H,41,50)(H,42,52)(H,43,53)(H,44,55)(H,45,54)(H,57,58)/t23-,24-,25-,26-,27-,28-,29-/m0/s1. The summed E-state index contributed by atoms with van der Waals surface area (Å²) >= 11 is 3.89. The number of unbranched alkanes of at least 4 members (excludes halogenated alkanes) is 1. The van der Waals surface area contributed by atoms with Crippen molar-refractivity contribution in [1.29, 1.82) is 0 Å². The number of carboxylic acid groups (broad SMARTS) is 1. The topological polar surface area (TPSA) is 345 Å². The molecule has 7 amide bonds. The Bertz CT molecular complexity index is 1600. The van der Waals surface area contributed by atoms with Gasteiger partial charge in [-0.2, -0.15) is 12.6 Å². The van der Waals surface area contributed by atoms with E-state index in [9.17, 15) is 58.8 Å². The monoisotopic (exact) mass is 853 g/mol. The Morgan fingerprint density at radius 2 is 1.39 bits per heavy atom. The minimum atomic E-state index is -1.57. The minimum absolute atomic E-state index is 0.0658. The van der Waals surface area contributed by atoms with Crippen LogP contribution in [-0.4, -0.2) is 154 Å². The molecule has 0 aliphatic carbocycles. The number of rotatable bonds is 25. The smallest absolute Gasteiger partial charge is 0.327 e. The molecule has 1 aromatic rings. The molecule has 0 saturated carbocycles. The lowest BCUT2D eigenvalue weighted by Crippen LogP contribution is -2.60. The van der Waals surface area contributed by atoms with Crippen LogP contribution < -0.4 is 43.4 Å². The summed E-state index contributed by atoms with van der Waals surface area (Å²) in [5, 5.41) is 53.3. The average molecular weight is 854 g/mol. The lowest BCUT2D eigenvalue weighted by atomic mass is 10.0. The summed E-state index contributed by atoms with van der Waals surface area (Å²) in [6, 6.07) is -3.45. The summed E-state index contributed by atoms with van der Waals surface area (Å²) in [7, 11) is 0. The average Bonchev–Trinajstić information content (AvgIpc) is 3.69. The van der Waals surface area contributed by atoms with E-state index in [1.807, 2.05) is 13.8 Å². The number of aliphatic hydroxyl groups excluding tert-OH is 2. The maximum atomic E-state index is 14.1. The van der Waals surface area contributed by atoms with Crippen LogP contribution in [0.25, 0.3) is 0 Å². The van der Waals surface area contributed by atoms with E-state index in [2.05, 4.69) is 44.5 Å². The molecule has 59 heavy (non-hydrogen) atoms. The first-order chi connectivity index (χ1) is 27.9. The molecule has 330 valence electrons. The largest absolute Gasteiger partial charge is 0.508 e. The first kappa shape index (κ1) is 50.1. The number of likely N-dealkylation sites (tertiary alicyclic amines) is 1. The summed E-state index contributed by atoms with van der Waals surface area (Å²) in [6.45, 7) is 1.78. The predicted molar refractivity (Wildman–Crippen MR) is 215 cm³/mol. The van der Waals surface area contributed by atoms with Crippen LogP contribution >= 0.6 is 12.6 Å². The third-order valence-corrected chi connectivity index (χ3v) is 9.71. The fourth-order valence-electron chi connectivity index (χ4n) is 6.15. The SMILES string of the molecule is CC(C)C[C@H](N)C(=O)NCC(=O)N[C@@H](CO)C(=O)N[C@@H](Cc1ccc(O)cc1)C(=O)N[C@@H](CCCCN)C(=O)N1CCC[C@H]1C(=O)N[C@@H](CO)C(=O)N[C@@H](CS)C(=O)O. The molecule has 0 bridgehead atoms. The number of nitrogens with one attached hydrogen (secondary N) is 6. The third-order valence-electron chi connectivity index (χ3n) is 9.34. The number of benzene rings is 1. The molecule has 0 spiro atoms. The second-order valence-corrected chi connectivity index (χ2v) is 14.9. The summed E-state index contributed by atoms with van der Waals surface area (Å²) in [5.74, 6) is -7.27. The van der Waals surface area contributed by atoms with Gasteiger partial charge in [0.05, 0.1) is 25.8 Å². The molecule has 22 heteroatoms. The number of hydrogen-bond acceptors (Lipinski definition) is 14. The Kier molecular flexibility index (Phi) is 21.6. The van der Waals surface area contributed by atoms with Crippen molar-refractivity contribution in [2.75, 3.05) is 38.6 Å². The lowest BCUT2D eigenvalue weighted by Gasteiger charge is -2.31.